The van der Waals surface area contributed by atoms with Crippen LogP contribution in [-0.4, -0.2) is 24.1 Å². The van der Waals surface area contributed by atoms with Crippen LogP contribution in [0, 0.1) is 0 Å². The van der Waals surface area contributed by atoms with E-state index in [9.17, 15) is 0 Å². The number of benzene rings is 1. The summed E-state index contributed by atoms with van der Waals surface area (Å²) in [5.74, 6) is 0.928. The molecule has 0 aliphatic rings. The van der Waals surface area contributed by atoms with Crippen molar-refractivity contribution in [2.24, 2.45) is 0 Å². The van der Waals surface area contributed by atoms with Crippen molar-refractivity contribution in [3.8, 4) is 17.6 Å². The molecule has 0 bridgehead atoms. The number of ether oxygens (including phenoxy) is 2. The van der Waals surface area contributed by atoms with Gasteiger partial charge in [-0.1, -0.05) is 23.7 Å². The third kappa shape index (κ3) is 3.56. The van der Waals surface area contributed by atoms with Gasteiger partial charge in [-0.05, 0) is 24.7 Å². The molecule has 0 aliphatic heterocycles. The Balaban J connectivity index is 2.16. The number of hydrogen-bond donors (Lipinski definition) is 1. The molecule has 2 aromatic rings. The summed E-state index contributed by atoms with van der Waals surface area (Å²) < 4.78 is 10.5. The number of nitrogens with one attached hydrogen (secondary N) is 1. The fourth-order valence-electron chi connectivity index (χ4n) is 1.50. The van der Waals surface area contributed by atoms with Crippen molar-refractivity contribution in [2.75, 3.05) is 14.2 Å². The van der Waals surface area contributed by atoms with E-state index in [1.165, 1.54) is 18.9 Å². The van der Waals surface area contributed by atoms with Crippen LogP contribution < -0.4 is 14.8 Å². The third-order valence-corrected chi connectivity index (χ3v) is 2.65. The number of rotatable bonds is 5. The Morgan fingerprint density at radius 1 is 1.26 bits per heavy atom. The van der Waals surface area contributed by atoms with Gasteiger partial charge in [-0.2, -0.15) is 4.98 Å². The first-order valence-electron chi connectivity index (χ1n) is 5.71. The van der Waals surface area contributed by atoms with Crippen LogP contribution in [0.4, 0.5) is 0 Å². The van der Waals surface area contributed by atoms with Crippen LogP contribution in [0.1, 0.15) is 5.56 Å². The van der Waals surface area contributed by atoms with Crippen LogP contribution in [0.15, 0.2) is 30.5 Å². The van der Waals surface area contributed by atoms with E-state index >= 15 is 0 Å². The van der Waals surface area contributed by atoms with E-state index < -0.39 is 0 Å². The third-order valence-electron chi connectivity index (χ3n) is 2.39. The van der Waals surface area contributed by atoms with Crippen molar-refractivity contribution in [2.45, 2.75) is 6.54 Å². The average Bonchev–Trinajstić information content (AvgIpc) is 2.44. The molecule has 0 radical (unpaired) electrons. The first-order chi connectivity index (χ1) is 9.22. The maximum Gasteiger partial charge on any atom is 0.319 e. The normalized spacial score (nSPS) is 10.3. The lowest BCUT2D eigenvalue weighted by Gasteiger charge is -2.08. The Morgan fingerprint density at radius 3 is 2.63 bits per heavy atom. The summed E-state index contributed by atoms with van der Waals surface area (Å²) in [5.41, 5.74) is 1.17. The van der Waals surface area contributed by atoms with Crippen molar-refractivity contribution in [1.29, 1.82) is 0 Å². The minimum atomic E-state index is 0.214. The highest BCUT2D eigenvalue weighted by Gasteiger charge is 2.08. The van der Waals surface area contributed by atoms with Crippen LogP contribution in [-0.2, 0) is 6.54 Å². The van der Waals surface area contributed by atoms with Crippen molar-refractivity contribution in [3.63, 3.8) is 0 Å². The molecule has 5 nitrogen and oxygen atoms in total. The molecule has 0 atom stereocenters. The van der Waals surface area contributed by atoms with E-state index in [0.717, 1.165) is 6.54 Å². The molecule has 0 unspecified atom stereocenters. The minimum Gasteiger partial charge on any atom is -0.467 e. The maximum absolute atomic E-state index is 5.97. The van der Waals surface area contributed by atoms with Crippen LogP contribution in [0.5, 0.6) is 17.6 Å². The smallest absolute Gasteiger partial charge is 0.319 e. The predicted octanol–water partition coefficient (Wildman–Crippen LogP) is 2.65. The zero-order valence-electron chi connectivity index (χ0n) is 10.7. The highest BCUT2D eigenvalue weighted by Crippen LogP contribution is 2.28. The second-order valence-electron chi connectivity index (χ2n) is 3.79. The molecular weight excluding hydrogens is 266 g/mol. The van der Waals surface area contributed by atoms with E-state index in [0.29, 0.717) is 10.8 Å². The molecule has 0 saturated carbocycles. The Morgan fingerprint density at radius 2 is 2.00 bits per heavy atom. The fraction of sp³-hybridized carbons (Fsp3) is 0.231. The average molecular weight is 280 g/mol. The Labute approximate surface area is 116 Å². The van der Waals surface area contributed by atoms with Crippen LogP contribution in [0.3, 0.4) is 0 Å². The molecule has 1 heterocycles. The summed E-state index contributed by atoms with van der Waals surface area (Å²) in [4.78, 5) is 7.93. The van der Waals surface area contributed by atoms with Crippen molar-refractivity contribution in [3.05, 3.63) is 41.0 Å². The van der Waals surface area contributed by atoms with Crippen LogP contribution >= 0.6 is 11.6 Å². The molecule has 0 saturated heterocycles. The molecule has 100 valence electrons. The fourth-order valence-corrected chi connectivity index (χ4v) is 1.63. The first kappa shape index (κ1) is 13.6. The zero-order valence-corrected chi connectivity index (χ0v) is 11.4. The van der Waals surface area contributed by atoms with E-state index in [4.69, 9.17) is 21.1 Å². The van der Waals surface area contributed by atoms with Crippen LogP contribution in [0.25, 0.3) is 0 Å². The summed E-state index contributed by atoms with van der Waals surface area (Å²) in [7, 11) is 3.39. The maximum atomic E-state index is 5.97. The van der Waals surface area contributed by atoms with E-state index in [-0.39, 0.29) is 11.9 Å². The van der Waals surface area contributed by atoms with E-state index in [1.54, 1.807) is 0 Å². The monoisotopic (exact) mass is 279 g/mol. The molecule has 0 spiro atoms. The van der Waals surface area contributed by atoms with Gasteiger partial charge < -0.3 is 14.8 Å². The summed E-state index contributed by atoms with van der Waals surface area (Å²) in [6.45, 7) is 0.808. The van der Waals surface area contributed by atoms with Gasteiger partial charge in [0.1, 0.15) is 10.8 Å². The van der Waals surface area contributed by atoms with Crippen molar-refractivity contribution < 1.29 is 9.47 Å². The number of nitrogens with zero attached hydrogens (tertiary/aromatic N) is 2. The molecule has 1 aromatic carbocycles. The topological polar surface area (TPSA) is 56.3 Å². The summed E-state index contributed by atoms with van der Waals surface area (Å²) >= 11 is 5.97. The number of halogens is 1. The molecule has 6 heteroatoms. The van der Waals surface area contributed by atoms with Gasteiger partial charge in [-0.15, -0.1) is 0 Å². The number of aromatic nitrogens is 2. The van der Waals surface area contributed by atoms with Gasteiger partial charge in [0.05, 0.1) is 13.3 Å². The van der Waals surface area contributed by atoms with E-state index in [2.05, 4.69) is 15.3 Å². The van der Waals surface area contributed by atoms with Gasteiger partial charge >= 0.3 is 6.01 Å². The SMILES string of the molecule is CNCc1ccc(Oc2nc(OC)ncc2Cl)cc1. The highest BCUT2D eigenvalue weighted by molar-refractivity contribution is 6.31. The molecule has 0 fully saturated rings. The second-order valence-corrected chi connectivity index (χ2v) is 4.19. The van der Waals surface area contributed by atoms with Gasteiger partial charge in [-0.3, -0.25) is 0 Å². The van der Waals surface area contributed by atoms with Gasteiger partial charge in [0, 0.05) is 6.54 Å². The molecule has 1 aromatic heterocycles. The molecule has 1 N–H and O–H groups in total. The largest absolute Gasteiger partial charge is 0.467 e. The zero-order chi connectivity index (χ0) is 13.7. The molecule has 19 heavy (non-hydrogen) atoms. The lowest BCUT2D eigenvalue weighted by atomic mass is 10.2. The molecular formula is C13H14ClN3O2. The van der Waals surface area contributed by atoms with Crippen molar-refractivity contribution >= 4 is 11.6 Å². The van der Waals surface area contributed by atoms with Crippen LogP contribution in [0.2, 0.25) is 5.02 Å². The standard InChI is InChI=1S/C13H14ClN3O2/c1-15-7-9-3-5-10(6-4-9)19-12-11(14)8-16-13(17-12)18-2/h3-6,8,15H,7H2,1-2H3. The summed E-state index contributed by atoms with van der Waals surface area (Å²) in [6, 6.07) is 7.87. The first-order valence-corrected chi connectivity index (χ1v) is 6.08. The number of hydrogen-bond acceptors (Lipinski definition) is 5. The molecule has 0 aliphatic carbocycles. The highest BCUT2D eigenvalue weighted by atomic mass is 35.5. The lowest BCUT2D eigenvalue weighted by molar-refractivity contribution is 0.366. The Bertz CT molecular complexity index is 546. The quantitative estimate of drug-likeness (QED) is 0.912. The Kier molecular flexibility index (Phi) is 4.54. The molecule has 2 rings (SSSR count). The minimum absolute atomic E-state index is 0.214. The Hall–Kier alpha value is -1.85. The number of methoxy groups -OCH3 is 1. The molecule has 0 amide bonds. The van der Waals surface area contributed by atoms with Gasteiger partial charge in [0.15, 0.2) is 0 Å². The van der Waals surface area contributed by atoms with E-state index in [1.807, 2.05) is 31.3 Å². The second kappa shape index (κ2) is 6.36. The van der Waals surface area contributed by atoms with Gasteiger partial charge in [0.25, 0.3) is 0 Å². The van der Waals surface area contributed by atoms with Gasteiger partial charge in [0.2, 0.25) is 5.88 Å². The predicted molar refractivity (Wildman–Crippen MR) is 72.9 cm³/mol. The van der Waals surface area contributed by atoms with Crippen molar-refractivity contribution in [1.82, 2.24) is 15.3 Å². The summed E-state index contributed by atoms with van der Waals surface area (Å²) in [6.07, 6.45) is 1.44. The van der Waals surface area contributed by atoms with Gasteiger partial charge in [-0.25, -0.2) is 4.98 Å². The summed E-state index contributed by atoms with van der Waals surface area (Å²) in [5, 5.41) is 3.41. The lowest BCUT2D eigenvalue weighted by Crippen LogP contribution is -2.04.